The molecule has 110 valence electrons. The Morgan fingerprint density at radius 2 is 2.14 bits per heavy atom. The van der Waals surface area contributed by atoms with Crippen LogP contribution in [-0.2, 0) is 0 Å². The second-order valence-electron chi connectivity index (χ2n) is 5.11. The van der Waals surface area contributed by atoms with E-state index in [-0.39, 0.29) is 11.4 Å². The number of rotatable bonds is 2. The third kappa shape index (κ3) is 2.94. The molecule has 2 heterocycles. The number of thioether (sulfide) groups is 1. The fourth-order valence-corrected chi connectivity index (χ4v) is 4.65. The highest BCUT2D eigenvalue weighted by atomic mass is 32.2. The first-order valence-corrected chi connectivity index (χ1v) is 8.88. The highest BCUT2D eigenvalue weighted by molar-refractivity contribution is 7.99. The van der Waals surface area contributed by atoms with Crippen molar-refractivity contribution >= 4 is 34.8 Å². The average molecular weight is 318 g/mol. The summed E-state index contributed by atoms with van der Waals surface area (Å²) in [6, 6.07) is 10.1. The summed E-state index contributed by atoms with van der Waals surface area (Å²) in [5, 5.41) is 5.28. The van der Waals surface area contributed by atoms with E-state index >= 15 is 0 Å². The molecule has 0 bridgehead atoms. The van der Waals surface area contributed by atoms with Crippen molar-refractivity contribution in [1.29, 1.82) is 0 Å². The summed E-state index contributed by atoms with van der Waals surface area (Å²) in [5.74, 6) is 0.989. The monoisotopic (exact) mass is 318 g/mol. The molecule has 2 aromatic rings. The highest BCUT2D eigenvalue weighted by Gasteiger charge is 2.31. The number of anilines is 1. The molecule has 5 heteroatoms. The molecule has 1 aliphatic heterocycles. The Morgan fingerprint density at radius 3 is 2.90 bits per heavy atom. The molecule has 1 aromatic heterocycles. The summed E-state index contributed by atoms with van der Waals surface area (Å²) in [6.45, 7) is 4.90. The quantitative estimate of drug-likeness (QED) is 0.874. The van der Waals surface area contributed by atoms with Crippen LogP contribution >= 0.6 is 23.1 Å². The number of nitrogens with zero attached hydrogens (tertiary/aromatic N) is 1. The van der Waals surface area contributed by atoms with Gasteiger partial charge >= 0.3 is 6.03 Å². The lowest BCUT2D eigenvalue weighted by molar-refractivity contribution is 0.215. The molecular formula is C16H18N2OS2. The Labute approximate surface area is 133 Å². The molecule has 0 saturated carbocycles. The van der Waals surface area contributed by atoms with Crippen LogP contribution in [0.3, 0.4) is 0 Å². The van der Waals surface area contributed by atoms with Gasteiger partial charge in [-0.3, -0.25) is 0 Å². The second kappa shape index (κ2) is 6.12. The molecule has 1 aromatic carbocycles. The van der Waals surface area contributed by atoms with Crippen molar-refractivity contribution in [3.8, 4) is 0 Å². The minimum absolute atomic E-state index is 0.00731. The van der Waals surface area contributed by atoms with E-state index in [1.807, 2.05) is 41.8 Å². The Morgan fingerprint density at radius 1 is 1.29 bits per heavy atom. The maximum atomic E-state index is 12.6. The van der Waals surface area contributed by atoms with Gasteiger partial charge in [-0.15, -0.1) is 23.1 Å². The molecule has 21 heavy (non-hydrogen) atoms. The van der Waals surface area contributed by atoms with Gasteiger partial charge in [0.25, 0.3) is 0 Å². The van der Waals surface area contributed by atoms with Crippen LogP contribution < -0.4 is 5.32 Å². The van der Waals surface area contributed by atoms with Crippen LogP contribution in [-0.4, -0.2) is 23.2 Å². The summed E-state index contributed by atoms with van der Waals surface area (Å²) >= 11 is 3.54. The third-order valence-electron chi connectivity index (χ3n) is 3.78. The minimum Gasteiger partial charge on any atom is -0.308 e. The Balaban J connectivity index is 1.77. The van der Waals surface area contributed by atoms with E-state index in [4.69, 9.17) is 0 Å². The summed E-state index contributed by atoms with van der Waals surface area (Å²) < 4.78 is 0. The van der Waals surface area contributed by atoms with E-state index in [9.17, 15) is 4.79 Å². The second-order valence-corrected chi connectivity index (χ2v) is 7.28. The smallest absolute Gasteiger partial charge is 0.308 e. The van der Waals surface area contributed by atoms with Crippen LogP contribution in [0.2, 0.25) is 0 Å². The number of hydrogen-bond acceptors (Lipinski definition) is 3. The molecule has 1 aliphatic rings. The zero-order valence-corrected chi connectivity index (χ0v) is 13.8. The van der Waals surface area contributed by atoms with Gasteiger partial charge in [-0.25, -0.2) is 4.79 Å². The lowest BCUT2D eigenvalue weighted by atomic mass is 10.1. The lowest BCUT2D eigenvalue weighted by Gasteiger charge is -2.24. The maximum Gasteiger partial charge on any atom is 0.323 e. The van der Waals surface area contributed by atoms with Crippen molar-refractivity contribution in [2.24, 2.45) is 0 Å². The van der Waals surface area contributed by atoms with Gasteiger partial charge in [-0.05, 0) is 42.5 Å². The number of benzene rings is 1. The number of hydrogen-bond donors (Lipinski definition) is 1. The first kappa shape index (κ1) is 14.5. The average Bonchev–Trinajstić information content (AvgIpc) is 3.13. The molecule has 1 atom stereocenters. The van der Waals surface area contributed by atoms with Crippen molar-refractivity contribution in [2.45, 2.75) is 19.2 Å². The summed E-state index contributed by atoms with van der Waals surface area (Å²) in [7, 11) is 0. The Kier molecular flexibility index (Phi) is 4.22. The number of carbonyl (C=O) groups is 1. The van der Waals surface area contributed by atoms with Gasteiger partial charge in [0, 0.05) is 22.9 Å². The molecule has 1 fully saturated rings. The number of nitrogens with one attached hydrogen (secondary N) is 1. The van der Waals surface area contributed by atoms with Crippen molar-refractivity contribution in [1.82, 2.24) is 4.90 Å². The predicted octanol–water partition coefficient (Wildman–Crippen LogP) is 4.64. The Hall–Kier alpha value is -1.46. The third-order valence-corrected chi connectivity index (χ3v) is 6.10. The largest absolute Gasteiger partial charge is 0.323 e. The van der Waals surface area contributed by atoms with Gasteiger partial charge in [-0.2, -0.15) is 0 Å². The standard InChI is InChI=1S/C16H18N2OS2/c1-11-5-3-6-13(12(11)2)17-16(19)18-8-10-21-15(18)14-7-4-9-20-14/h3-7,9,15H,8,10H2,1-2H3,(H,17,19). The number of thiophene rings is 1. The number of urea groups is 1. The van der Waals surface area contributed by atoms with E-state index in [2.05, 4.69) is 29.8 Å². The first-order chi connectivity index (χ1) is 10.2. The Bertz CT molecular complexity index is 640. The molecule has 1 saturated heterocycles. The van der Waals surface area contributed by atoms with Crippen LogP contribution in [0.5, 0.6) is 0 Å². The van der Waals surface area contributed by atoms with Crippen molar-refractivity contribution in [3.05, 3.63) is 51.7 Å². The van der Waals surface area contributed by atoms with Crippen molar-refractivity contribution in [2.75, 3.05) is 17.6 Å². The topological polar surface area (TPSA) is 32.3 Å². The first-order valence-electron chi connectivity index (χ1n) is 6.95. The number of carbonyl (C=O) groups excluding carboxylic acids is 1. The van der Waals surface area contributed by atoms with Crippen LogP contribution in [0.25, 0.3) is 0 Å². The molecule has 0 radical (unpaired) electrons. The normalized spacial score (nSPS) is 18.0. The van der Waals surface area contributed by atoms with Crippen molar-refractivity contribution in [3.63, 3.8) is 0 Å². The highest BCUT2D eigenvalue weighted by Crippen LogP contribution is 2.40. The zero-order chi connectivity index (χ0) is 14.8. The van der Waals surface area contributed by atoms with Gasteiger partial charge in [0.2, 0.25) is 0 Å². The van der Waals surface area contributed by atoms with Crippen LogP contribution in [0.1, 0.15) is 21.4 Å². The molecule has 1 N–H and O–H groups in total. The molecular weight excluding hydrogens is 300 g/mol. The molecule has 3 rings (SSSR count). The molecule has 1 unspecified atom stereocenters. The van der Waals surface area contributed by atoms with Gasteiger partial charge < -0.3 is 10.2 Å². The molecule has 3 nitrogen and oxygen atoms in total. The van der Waals surface area contributed by atoms with E-state index in [1.54, 1.807) is 11.3 Å². The lowest BCUT2D eigenvalue weighted by Crippen LogP contribution is -2.34. The summed E-state index contributed by atoms with van der Waals surface area (Å²) in [5.41, 5.74) is 3.23. The van der Waals surface area contributed by atoms with Gasteiger partial charge in [0.1, 0.15) is 5.37 Å². The van der Waals surface area contributed by atoms with E-state index in [0.717, 1.165) is 23.5 Å². The van der Waals surface area contributed by atoms with Gasteiger partial charge in [0.05, 0.1) is 0 Å². The minimum atomic E-state index is -0.00731. The van der Waals surface area contributed by atoms with Crippen LogP contribution in [0.15, 0.2) is 35.7 Å². The summed E-state index contributed by atoms with van der Waals surface area (Å²) in [6.07, 6.45) is 0. The van der Waals surface area contributed by atoms with Crippen LogP contribution in [0.4, 0.5) is 10.5 Å². The van der Waals surface area contributed by atoms with Crippen molar-refractivity contribution < 1.29 is 4.79 Å². The fourth-order valence-electron chi connectivity index (χ4n) is 2.42. The predicted molar refractivity (Wildman–Crippen MR) is 91.2 cm³/mol. The van der Waals surface area contributed by atoms with E-state index < -0.39 is 0 Å². The molecule has 0 aliphatic carbocycles. The maximum absolute atomic E-state index is 12.6. The van der Waals surface area contributed by atoms with E-state index in [0.29, 0.717) is 0 Å². The van der Waals surface area contributed by atoms with Crippen LogP contribution in [0, 0.1) is 13.8 Å². The fraction of sp³-hybridized carbons (Fsp3) is 0.312. The number of aryl methyl sites for hydroxylation is 1. The van der Waals surface area contributed by atoms with Gasteiger partial charge in [-0.1, -0.05) is 18.2 Å². The zero-order valence-electron chi connectivity index (χ0n) is 12.1. The van der Waals surface area contributed by atoms with Gasteiger partial charge in [0.15, 0.2) is 0 Å². The molecule has 0 spiro atoms. The SMILES string of the molecule is Cc1cccc(NC(=O)N2CCSC2c2cccs2)c1C. The molecule has 2 amide bonds. The van der Waals surface area contributed by atoms with E-state index in [1.165, 1.54) is 10.4 Å². The summed E-state index contributed by atoms with van der Waals surface area (Å²) in [4.78, 5) is 15.8. The number of amides is 2.